The van der Waals surface area contributed by atoms with Crippen molar-refractivity contribution in [3.8, 4) is 0 Å². The summed E-state index contributed by atoms with van der Waals surface area (Å²) in [4.78, 5) is 11.6. The molecular formula is C23H32O3. The Morgan fingerprint density at radius 2 is 2.08 bits per heavy atom. The van der Waals surface area contributed by atoms with Crippen LogP contribution in [0.5, 0.6) is 0 Å². The van der Waals surface area contributed by atoms with Crippen LogP contribution in [0.25, 0.3) is 0 Å². The summed E-state index contributed by atoms with van der Waals surface area (Å²) in [6.07, 6.45) is 15.6. The van der Waals surface area contributed by atoms with Crippen LogP contribution >= 0.6 is 0 Å². The molecule has 4 aliphatic carbocycles. The third-order valence-corrected chi connectivity index (χ3v) is 9.11. The number of carbonyl (C=O) groups excluding carboxylic acids is 1. The van der Waals surface area contributed by atoms with Crippen molar-refractivity contribution in [2.45, 2.75) is 64.7 Å². The van der Waals surface area contributed by atoms with Crippen LogP contribution in [0.1, 0.15) is 64.7 Å². The van der Waals surface area contributed by atoms with E-state index in [2.05, 4.69) is 13.0 Å². The monoisotopic (exact) mass is 356 g/mol. The smallest absolute Gasteiger partial charge is 0.331 e. The molecule has 5 rings (SSSR count). The fraction of sp³-hybridized carbons (Fsp3) is 0.783. The topological polar surface area (TPSA) is 46.5 Å². The zero-order chi connectivity index (χ0) is 17.9. The van der Waals surface area contributed by atoms with Gasteiger partial charge in [0.2, 0.25) is 0 Å². The Kier molecular flexibility index (Phi) is 3.90. The standard InChI is InChI=1S/C23H32O3/c1-22-11-9-20-17(6-5-16-4-2-3-10-23(16,20)14-24)19(22)8-7-18(22)15-12-21(25)26-13-15/h8,12,16-18,20,24H,2-7,9-11,13-14H2,1H3/t16-,17+,18-,20+,22-,23-/m1/s1. The van der Waals surface area contributed by atoms with Gasteiger partial charge in [-0.25, -0.2) is 4.79 Å². The van der Waals surface area contributed by atoms with Crippen molar-refractivity contribution >= 4 is 5.97 Å². The molecule has 0 aromatic heterocycles. The van der Waals surface area contributed by atoms with Crippen LogP contribution in [0.3, 0.4) is 0 Å². The number of aliphatic hydroxyl groups is 1. The summed E-state index contributed by atoms with van der Waals surface area (Å²) in [5.74, 6) is 2.35. The van der Waals surface area contributed by atoms with Crippen molar-refractivity contribution in [2.24, 2.45) is 34.5 Å². The zero-order valence-electron chi connectivity index (χ0n) is 16.0. The Morgan fingerprint density at radius 3 is 2.85 bits per heavy atom. The molecule has 1 aliphatic heterocycles. The molecule has 1 heterocycles. The summed E-state index contributed by atoms with van der Waals surface area (Å²) in [6.45, 7) is 3.33. The van der Waals surface area contributed by atoms with E-state index in [1.165, 1.54) is 56.9 Å². The number of esters is 1. The van der Waals surface area contributed by atoms with Crippen molar-refractivity contribution in [2.75, 3.05) is 13.2 Å². The predicted octanol–water partition coefficient (Wildman–Crippen LogP) is 4.41. The van der Waals surface area contributed by atoms with Gasteiger partial charge in [0.25, 0.3) is 0 Å². The molecule has 0 spiro atoms. The number of hydrogen-bond donors (Lipinski definition) is 1. The molecule has 5 aliphatic rings. The normalized spacial score (nSPS) is 47.4. The maximum Gasteiger partial charge on any atom is 0.331 e. The van der Waals surface area contributed by atoms with Gasteiger partial charge in [0.05, 0.1) is 0 Å². The fourth-order valence-corrected chi connectivity index (χ4v) is 7.86. The molecule has 3 fully saturated rings. The van der Waals surface area contributed by atoms with Crippen LogP contribution in [-0.2, 0) is 9.53 Å². The molecule has 0 aromatic carbocycles. The van der Waals surface area contributed by atoms with E-state index < -0.39 is 0 Å². The first-order chi connectivity index (χ1) is 12.6. The molecule has 0 bridgehead atoms. The molecule has 6 atom stereocenters. The lowest BCUT2D eigenvalue weighted by Crippen LogP contribution is -2.53. The van der Waals surface area contributed by atoms with Crippen LogP contribution in [0.15, 0.2) is 23.3 Å². The molecule has 0 unspecified atom stereocenters. The van der Waals surface area contributed by atoms with Crippen molar-refractivity contribution in [1.82, 2.24) is 0 Å². The number of allylic oxidation sites excluding steroid dienone is 2. The first-order valence-electron chi connectivity index (χ1n) is 10.8. The van der Waals surface area contributed by atoms with Crippen LogP contribution < -0.4 is 0 Å². The average molecular weight is 357 g/mol. The molecular weight excluding hydrogens is 324 g/mol. The number of rotatable bonds is 2. The van der Waals surface area contributed by atoms with E-state index in [-0.39, 0.29) is 16.8 Å². The lowest BCUT2D eigenvalue weighted by atomic mass is 9.45. The van der Waals surface area contributed by atoms with Crippen molar-refractivity contribution < 1.29 is 14.6 Å². The Bertz CT molecular complexity index is 677. The van der Waals surface area contributed by atoms with Crippen LogP contribution in [-0.4, -0.2) is 24.3 Å². The van der Waals surface area contributed by atoms with Crippen molar-refractivity contribution in [1.29, 1.82) is 0 Å². The van der Waals surface area contributed by atoms with E-state index in [0.29, 0.717) is 31.0 Å². The molecule has 3 nitrogen and oxygen atoms in total. The van der Waals surface area contributed by atoms with Gasteiger partial charge in [-0.3, -0.25) is 0 Å². The minimum atomic E-state index is -0.160. The van der Waals surface area contributed by atoms with E-state index >= 15 is 0 Å². The summed E-state index contributed by atoms with van der Waals surface area (Å²) < 4.78 is 5.23. The second-order valence-electron chi connectivity index (χ2n) is 9.86. The molecule has 1 N–H and O–H groups in total. The fourth-order valence-electron chi connectivity index (χ4n) is 7.86. The number of fused-ring (bicyclic) bond motifs is 5. The van der Waals surface area contributed by atoms with Gasteiger partial charge in [-0.15, -0.1) is 0 Å². The summed E-state index contributed by atoms with van der Waals surface area (Å²) in [6, 6.07) is 0. The van der Waals surface area contributed by atoms with Gasteiger partial charge in [-0.05, 0) is 85.0 Å². The maximum atomic E-state index is 11.6. The third-order valence-electron chi connectivity index (χ3n) is 9.11. The second-order valence-corrected chi connectivity index (χ2v) is 9.86. The van der Waals surface area contributed by atoms with E-state index in [0.717, 1.165) is 12.3 Å². The van der Waals surface area contributed by atoms with Gasteiger partial charge in [-0.2, -0.15) is 0 Å². The quantitative estimate of drug-likeness (QED) is 0.589. The number of carbonyl (C=O) groups is 1. The molecule has 26 heavy (non-hydrogen) atoms. The molecule has 3 saturated carbocycles. The van der Waals surface area contributed by atoms with Gasteiger partial charge in [0.1, 0.15) is 6.61 Å². The SMILES string of the molecule is C[C@]12CC[C@H]3[C@@H](CC[C@H]4CCCC[C@@]43CO)C1=CC[C@@H]2C1=CC(=O)OC1. The van der Waals surface area contributed by atoms with E-state index in [4.69, 9.17) is 4.74 Å². The molecule has 0 saturated heterocycles. The van der Waals surface area contributed by atoms with Crippen LogP contribution in [0.4, 0.5) is 0 Å². The van der Waals surface area contributed by atoms with Gasteiger partial charge >= 0.3 is 5.97 Å². The molecule has 0 radical (unpaired) electrons. The predicted molar refractivity (Wildman–Crippen MR) is 100 cm³/mol. The van der Waals surface area contributed by atoms with E-state index in [9.17, 15) is 9.90 Å². The van der Waals surface area contributed by atoms with Gasteiger partial charge in [0, 0.05) is 12.7 Å². The second kappa shape index (κ2) is 5.95. The van der Waals surface area contributed by atoms with E-state index in [1.54, 1.807) is 11.6 Å². The lowest BCUT2D eigenvalue weighted by molar-refractivity contribution is -0.135. The maximum absolute atomic E-state index is 11.6. The Balaban J connectivity index is 1.46. The van der Waals surface area contributed by atoms with E-state index in [1.807, 2.05) is 0 Å². The highest BCUT2D eigenvalue weighted by Gasteiger charge is 2.58. The minimum absolute atomic E-state index is 0.160. The molecule has 3 heteroatoms. The number of cyclic esters (lactones) is 1. The van der Waals surface area contributed by atoms with Crippen molar-refractivity contribution in [3.63, 3.8) is 0 Å². The molecule has 0 aromatic rings. The summed E-state index contributed by atoms with van der Waals surface area (Å²) in [5.41, 5.74) is 3.26. The largest absolute Gasteiger partial charge is 0.458 e. The molecule has 142 valence electrons. The Labute approximate surface area is 156 Å². The van der Waals surface area contributed by atoms with Gasteiger partial charge in [-0.1, -0.05) is 31.4 Å². The zero-order valence-corrected chi connectivity index (χ0v) is 16.0. The van der Waals surface area contributed by atoms with Gasteiger partial charge < -0.3 is 9.84 Å². The Hall–Kier alpha value is -1.09. The van der Waals surface area contributed by atoms with Crippen LogP contribution in [0, 0.1) is 34.5 Å². The number of aliphatic hydroxyl groups excluding tert-OH is 1. The van der Waals surface area contributed by atoms with Crippen molar-refractivity contribution in [3.05, 3.63) is 23.3 Å². The first-order valence-corrected chi connectivity index (χ1v) is 10.8. The average Bonchev–Trinajstić information content (AvgIpc) is 3.23. The summed E-state index contributed by atoms with van der Waals surface area (Å²) >= 11 is 0. The Morgan fingerprint density at radius 1 is 1.19 bits per heavy atom. The lowest BCUT2D eigenvalue weighted by Gasteiger charge is -2.59. The highest BCUT2D eigenvalue weighted by Crippen LogP contribution is 2.66. The third kappa shape index (κ3) is 2.19. The minimum Gasteiger partial charge on any atom is -0.458 e. The highest BCUT2D eigenvalue weighted by molar-refractivity contribution is 5.85. The first kappa shape index (κ1) is 17.0. The highest BCUT2D eigenvalue weighted by atomic mass is 16.5. The van der Waals surface area contributed by atoms with Gasteiger partial charge in [0.15, 0.2) is 0 Å². The summed E-state index contributed by atoms with van der Waals surface area (Å²) in [7, 11) is 0. The molecule has 0 amide bonds. The summed E-state index contributed by atoms with van der Waals surface area (Å²) in [5, 5.41) is 10.5. The van der Waals surface area contributed by atoms with Crippen LogP contribution in [0.2, 0.25) is 0 Å². The number of hydrogen-bond acceptors (Lipinski definition) is 3. The number of ether oxygens (including phenoxy) is 1.